The van der Waals surface area contributed by atoms with Gasteiger partial charge in [-0.1, -0.05) is 0 Å². The number of fused-ring (bicyclic) bond motifs is 1. The Morgan fingerprint density at radius 1 is 1.53 bits per heavy atom. The van der Waals surface area contributed by atoms with Crippen molar-refractivity contribution in [2.75, 3.05) is 0 Å². The van der Waals surface area contributed by atoms with Crippen LogP contribution < -0.4 is 0 Å². The summed E-state index contributed by atoms with van der Waals surface area (Å²) in [5.74, 6) is -1.07. The second-order valence-electron chi connectivity index (χ2n) is 4.44. The van der Waals surface area contributed by atoms with E-state index < -0.39 is 11.9 Å². The van der Waals surface area contributed by atoms with Gasteiger partial charge >= 0.3 is 5.97 Å². The molecule has 4 nitrogen and oxygen atoms in total. The van der Waals surface area contributed by atoms with Gasteiger partial charge in [0.2, 0.25) is 5.95 Å². The van der Waals surface area contributed by atoms with E-state index in [1.807, 2.05) is 0 Å². The first-order valence-electron chi connectivity index (χ1n) is 5.54. The summed E-state index contributed by atoms with van der Waals surface area (Å²) in [7, 11) is 0. The van der Waals surface area contributed by atoms with Crippen LogP contribution in [0.1, 0.15) is 23.3 Å². The molecule has 2 aromatic rings. The van der Waals surface area contributed by atoms with E-state index in [4.69, 9.17) is 5.11 Å². The van der Waals surface area contributed by atoms with Crippen LogP contribution in [0.5, 0.6) is 0 Å². The van der Waals surface area contributed by atoms with Crippen molar-refractivity contribution in [1.29, 1.82) is 0 Å². The van der Waals surface area contributed by atoms with Gasteiger partial charge in [-0.15, -0.1) is 0 Å². The summed E-state index contributed by atoms with van der Waals surface area (Å²) >= 11 is 0. The van der Waals surface area contributed by atoms with Crippen LogP contribution in [0.25, 0.3) is 11.0 Å². The fourth-order valence-electron chi connectivity index (χ4n) is 2.02. The molecule has 0 atom stereocenters. The third-order valence-corrected chi connectivity index (χ3v) is 3.07. The van der Waals surface area contributed by atoms with Crippen molar-refractivity contribution in [1.82, 2.24) is 9.55 Å². The lowest BCUT2D eigenvalue weighted by Gasteiger charge is -2.05. The fourth-order valence-corrected chi connectivity index (χ4v) is 2.02. The quantitative estimate of drug-likeness (QED) is 0.829. The number of halogens is 1. The Bertz CT molecular complexity index is 602. The molecule has 5 heteroatoms. The van der Waals surface area contributed by atoms with E-state index in [0.29, 0.717) is 23.5 Å². The van der Waals surface area contributed by atoms with Crippen LogP contribution in [0.15, 0.2) is 18.2 Å². The van der Waals surface area contributed by atoms with Crippen molar-refractivity contribution in [2.24, 2.45) is 5.92 Å². The van der Waals surface area contributed by atoms with E-state index in [-0.39, 0.29) is 5.69 Å². The van der Waals surface area contributed by atoms with Gasteiger partial charge in [0.25, 0.3) is 0 Å². The predicted octanol–water partition coefficient (Wildman–Crippen LogP) is 2.28. The first kappa shape index (κ1) is 10.3. The lowest BCUT2D eigenvalue weighted by Crippen LogP contribution is -2.10. The average Bonchev–Trinajstić information content (AvgIpc) is 3.01. The number of rotatable bonds is 3. The number of nitrogens with zero attached hydrogens (tertiary/aromatic N) is 2. The largest absolute Gasteiger partial charge is 0.477 e. The lowest BCUT2D eigenvalue weighted by atomic mass is 10.3. The highest BCUT2D eigenvalue weighted by Gasteiger charge is 2.25. The molecule has 2 heterocycles. The lowest BCUT2D eigenvalue weighted by molar-refractivity contribution is 0.0685. The van der Waals surface area contributed by atoms with Gasteiger partial charge in [-0.2, -0.15) is 4.39 Å². The highest BCUT2D eigenvalue weighted by atomic mass is 19.1. The van der Waals surface area contributed by atoms with E-state index >= 15 is 0 Å². The van der Waals surface area contributed by atoms with Crippen LogP contribution in [0.3, 0.4) is 0 Å². The highest BCUT2D eigenvalue weighted by molar-refractivity contribution is 5.93. The van der Waals surface area contributed by atoms with E-state index in [2.05, 4.69) is 4.98 Å². The van der Waals surface area contributed by atoms with Crippen molar-refractivity contribution < 1.29 is 14.3 Å². The SMILES string of the molecule is O=C(O)c1cc2ccc(F)nc2n1CC1CC1. The molecule has 0 amide bonds. The Morgan fingerprint density at radius 3 is 2.94 bits per heavy atom. The summed E-state index contributed by atoms with van der Waals surface area (Å²) in [6.45, 7) is 0.613. The van der Waals surface area contributed by atoms with Crippen molar-refractivity contribution in [3.05, 3.63) is 29.8 Å². The van der Waals surface area contributed by atoms with Crippen LogP contribution in [0.2, 0.25) is 0 Å². The molecule has 17 heavy (non-hydrogen) atoms. The molecule has 1 saturated carbocycles. The molecule has 0 saturated heterocycles. The molecular weight excluding hydrogens is 223 g/mol. The third-order valence-electron chi connectivity index (χ3n) is 3.07. The minimum absolute atomic E-state index is 0.185. The number of carbonyl (C=O) groups is 1. The second-order valence-corrected chi connectivity index (χ2v) is 4.44. The molecule has 3 rings (SSSR count). The summed E-state index contributed by atoms with van der Waals surface area (Å²) in [5, 5.41) is 9.80. The molecule has 0 aliphatic heterocycles. The average molecular weight is 234 g/mol. The number of aromatic nitrogens is 2. The van der Waals surface area contributed by atoms with Gasteiger partial charge in [0.1, 0.15) is 11.3 Å². The summed E-state index contributed by atoms with van der Waals surface area (Å²) in [6.07, 6.45) is 2.21. The van der Waals surface area contributed by atoms with E-state index in [1.165, 1.54) is 6.07 Å². The number of aromatic carboxylic acids is 1. The van der Waals surface area contributed by atoms with Gasteiger partial charge in [0.15, 0.2) is 0 Å². The number of carboxylic acid groups (broad SMARTS) is 1. The normalized spacial score (nSPS) is 15.4. The standard InChI is InChI=1S/C12H11FN2O2/c13-10-4-3-8-5-9(12(16)17)15(11(8)14-10)6-7-1-2-7/h3-5,7H,1-2,6H2,(H,16,17). The Kier molecular flexibility index (Phi) is 2.14. The van der Waals surface area contributed by atoms with Gasteiger partial charge in [-0.05, 0) is 37.0 Å². The second kappa shape index (κ2) is 3.55. The Morgan fingerprint density at radius 2 is 2.29 bits per heavy atom. The van der Waals surface area contributed by atoms with Gasteiger partial charge in [0, 0.05) is 11.9 Å². The molecule has 0 radical (unpaired) electrons. The van der Waals surface area contributed by atoms with Gasteiger partial charge in [-0.25, -0.2) is 9.78 Å². The van der Waals surface area contributed by atoms with Gasteiger partial charge in [0.05, 0.1) is 0 Å². The molecular formula is C12H11FN2O2. The molecule has 1 N–H and O–H groups in total. The number of hydrogen-bond donors (Lipinski definition) is 1. The van der Waals surface area contributed by atoms with Crippen LogP contribution in [-0.4, -0.2) is 20.6 Å². The molecule has 1 fully saturated rings. The number of pyridine rings is 1. The summed E-state index contributed by atoms with van der Waals surface area (Å²) in [6, 6.07) is 4.36. The molecule has 1 aliphatic rings. The maximum atomic E-state index is 13.1. The molecule has 1 aliphatic carbocycles. The zero-order valence-corrected chi connectivity index (χ0v) is 9.06. The first-order valence-corrected chi connectivity index (χ1v) is 5.54. The van der Waals surface area contributed by atoms with E-state index in [0.717, 1.165) is 12.8 Å². The maximum Gasteiger partial charge on any atom is 0.352 e. The topological polar surface area (TPSA) is 55.1 Å². The van der Waals surface area contributed by atoms with Crippen molar-refractivity contribution in [3.63, 3.8) is 0 Å². The molecule has 0 aromatic carbocycles. The zero-order chi connectivity index (χ0) is 12.0. The van der Waals surface area contributed by atoms with Crippen LogP contribution >= 0.6 is 0 Å². The Hall–Kier alpha value is -1.91. The smallest absolute Gasteiger partial charge is 0.352 e. The summed E-state index contributed by atoms with van der Waals surface area (Å²) in [5.41, 5.74) is 0.610. The van der Waals surface area contributed by atoms with Gasteiger partial charge in [-0.3, -0.25) is 0 Å². The van der Waals surface area contributed by atoms with Crippen LogP contribution in [0.4, 0.5) is 4.39 Å². The number of hydrogen-bond acceptors (Lipinski definition) is 2. The first-order chi connectivity index (χ1) is 8.15. The van der Waals surface area contributed by atoms with Crippen molar-refractivity contribution in [3.8, 4) is 0 Å². The Labute approximate surface area is 96.7 Å². The molecule has 0 unspecified atom stereocenters. The van der Waals surface area contributed by atoms with Crippen LogP contribution in [0, 0.1) is 11.9 Å². The minimum atomic E-state index is -0.996. The molecule has 2 aromatic heterocycles. The van der Waals surface area contributed by atoms with Crippen molar-refractivity contribution >= 4 is 17.0 Å². The predicted molar refractivity (Wildman–Crippen MR) is 59.4 cm³/mol. The summed E-state index contributed by atoms with van der Waals surface area (Å²) in [4.78, 5) is 14.9. The van der Waals surface area contributed by atoms with E-state index in [9.17, 15) is 9.18 Å². The van der Waals surface area contributed by atoms with E-state index in [1.54, 1.807) is 16.7 Å². The maximum absolute atomic E-state index is 13.1. The monoisotopic (exact) mass is 234 g/mol. The van der Waals surface area contributed by atoms with Crippen molar-refractivity contribution in [2.45, 2.75) is 19.4 Å². The van der Waals surface area contributed by atoms with Crippen LogP contribution in [-0.2, 0) is 6.54 Å². The fraction of sp³-hybridized carbons (Fsp3) is 0.333. The summed E-state index contributed by atoms with van der Waals surface area (Å²) < 4.78 is 14.7. The molecule has 0 bridgehead atoms. The van der Waals surface area contributed by atoms with Gasteiger partial charge < -0.3 is 9.67 Å². The zero-order valence-electron chi connectivity index (χ0n) is 9.06. The third kappa shape index (κ3) is 1.77. The molecule has 0 spiro atoms. The molecule has 88 valence electrons. The highest BCUT2D eigenvalue weighted by Crippen LogP contribution is 2.32. The minimum Gasteiger partial charge on any atom is -0.477 e. The number of carboxylic acids is 1. The Balaban J connectivity index is 2.20.